The van der Waals surface area contributed by atoms with Gasteiger partial charge in [0, 0.05) is 5.56 Å². The molecular formula is C21H16F3N4O3S+. The van der Waals surface area contributed by atoms with Crippen LogP contribution in [0.15, 0.2) is 78.0 Å². The summed E-state index contributed by atoms with van der Waals surface area (Å²) >= 11 is 0. The highest BCUT2D eigenvalue weighted by molar-refractivity contribution is 7.92. The number of aliphatic hydroxyl groups excluding tert-OH is 1. The molecular weight excluding hydrogens is 445 g/mol. The number of fused-ring (bicyclic) bond motifs is 1. The van der Waals surface area contributed by atoms with E-state index in [1.807, 2.05) is 0 Å². The maximum atomic E-state index is 13.1. The number of sulfonamides is 1. The summed E-state index contributed by atoms with van der Waals surface area (Å²) in [6, 6.07) is 13.5. The minimum absolute atomic E-state index is 0.0922. The predicted octanol–water partition coefficient (Wildman–Crippen LogP) is 3.22. The molecule has 0 aliphatic heterocycles. The smallest absolute Gasteiger partial charge is 0.392 e. The van der Waals surface area contributed by atoms with Gasteiger partial charge in [0.15, 0.2) is 0 Å². The molecule has 0 atom stereocenters. The Morgan fingerprint density at radius 2 is 1.69 bits per heavy atom. The number of nitrogens with one attached hydrogen (secondary N) is 1. The second-order valence-corrected chi connectivity index (χ2v) is 8.48. The highest BCUT2D eigenvalue weighted by atomic mass is 32.2. The molecule has 0 saturated carbocycles. The Balaban J connectivity index is 1.85. The number of nitrogens with zero attached hydrogens (tertiary/aromatic N) is 3. The van der Waals surface area contributed by atoms with Crippen LogP contribution < -0.4 is 9.29 Å². The number of benzene rings is 2. The molecule has 164 valence electrons. The fraction of sp³-hybridized carbons (Fsp3) is 0.0952. The van der Waals surface area contributed by atoms with Crippen LogP contribution in [-0.2, 0) is 22.8 Å². The number of rotatable bonds is 5. The standard InChI is InChI=1S/C21H16F3N4O3S/c22-21(23,24)15-6-3-7-16(11-15)32(30,31)27-19-20(28-10-4-5-14(12-28)13-29)26-18-9-2-1-8-17(18)25-19/h1-12,29H,13H2,(H,25,27)/q+1. The van der Waals surface area contributed by atoms with Crippen molar-refractivity contribution in [2.24, 2.45) is 0 Å². The first kappa shape index (κ1) is 21.7. The van der Waals surface area contributed by atoms with Crippen LogP contribution in [0.1, 0.15) is 11.1 Å². The molecule has 2 N–H and O–H groups in total. The molecule has 4 aromatic rings. The lowest BCUT2D eigenvalue weighted by Gasteiger charge is -2.11. The van der Waals surface area contributed by atoms with E-state index < -0.39 is 26.7 Å². The Bertz CT molecular complexity index is 1410. The van der Waals surface area contributed by atoms with Crippen LogP contribution in [0.5, 0.6) is 0 Å². The highest BCUT2D eigenvalue weighted by Crippen LogP contribution is 2.31. The number of anilines is 1. The van der Waals surface area contributed by atoms with Gasteiger partial charge in [0.1, 0.15) is 11.7 Å². The average molecular weight is 461 g/mol. The molecule has 0 amide bonds. The number of halogens is 3. The van der Waals surface area contributed by atoms with E-state index in [1.54, 1.807) is 48.8 Å². The van der Waals surface area contributed by atoms with Gasteiger partial charge in [-0.1, -0.05) is 18.2 Å². The van der Waals surface area contributed by atoms with Crippen LogP contribution in [0, 0.1) is 0 Å². The Kier molecular flexibility index (Phi) is 5.53. The van der Waals surface area contributed by atoms with E-state index in [-0.39, 0.29) is 18.2 Å². The van der Waals surface area contributed by atoms with Gasteiger partial charge >= 0.3 is 12.0 Å². The minimum atomic E-state index is -4.69. The van der Waals surface area contributed by atoms with Gasteiger partial charge in [-0.25, -0.2) is 13.4 Å². The molecule has 0 unspecified atom stereocenters. The van der Waals surface area contributed by atoms with Gasteiger partial charge in [0.05, 0.1) is 23.3 Å². The summed E-state index contributed by atoms with van der Waals surface area (Å²) in [5.41, 5.74) is 0.313. The maximum absolute atomic E-state index is 13.1. The molecule has 11 heteroatoms. The van der Waals surface area contributed by atoms with Crippen molar-refractivity contribution in [3.8, 4) is 5.82 Å². The lowest BCUT2D eigenvalue weighted by atomic mass is 10.2. The Morgan fingerprint density at radius 3 is 2.38 bits per heavy atom. The summed E-state index contributed by atoms with van der Waals surface area (Å²) in [5, 5.41) is 9.42. The van der Waals surface area contributed by atoms with Gasteiger partial charge in [0.2, 0.25) is 11.3 Å². The van der Waals surface area contributed by atoms with Crippen molar-refractivity contribution in [3.63, 3.8) is 0 Å². The molecule has 0 bridgehead atoms. The summed E-state index contributed by atoms with van der Waals surface area (Å²) in [5.74, 6) is -0.0873. The van der Waals surface area contributed by atoms with Crippen molar-refractivity contribution in [1.29, 1.82) is 0 Å². The topological polar surface area (TPSA) is 96.1 Å². The molecule has 0 aliphatic rings. The number of aromatic nitrogens is 3. The number of hydrogen-bond donors (Lipinski definition) is 2. The Labute approximate surface area is 180 Å². The van der Waals surface area contributed by atoms with E-state index in [4.69, 9.17) is 0 Å². The number of alkyl halides is 3. The normalized spacial score (nSPS) is 12.1. The fourth-order valence-corrected chi connectivity index (χ4v) is 4.06. The van der Waals surface area contributed by atoms with E-state index in [0.717, 1.165) is 18.2 Å². The molecule has 7 nitrogen and oxygen atoms in total. The maximum Gasteiger partial charge on any atom is 0.416 e. The van der Waals surface area contributed by atoms with E-state index >= 15 is 0 Å². The lowest BCUT2D eigenvalue weighted by Crippen LogP contribution is -2.34. The van der Waals surface area contributed by atoms with Crippen LogP contribution in [0.3, 0.4) is 0 Å². The summed E-state index contributed by atoms with van der Waals surface area (Å²) in [6.45, 7) is -0.257. The van der Waals surface area contributed by atoms with Gasteiger partial charge in [-0.05, 0) is 47.4 Å². The lowest BCUT2D eigenvalue weighted by molar-refractivity contribution is -0.599. The SMILES string of the molecule is O=S(=O)(Nc1nc2ccccc2nc1-[n+]1cccc(CO)c1)c1cccc(C(F)(F)F)c1. The van der Waals surface area contributed by atoms with Gasteiger partial charge in [-0.15, -0.1) is 0 Å². The largest absolute Gasteiger partial charge is 0.416 e. The molecule has 2 heterocycles. The average Bonchev–Trinajstić information content (AvgIpc) is 2.78. The zero-order chi connectivity index (χ0) is 22.9. The van der Waals surface area contributed by atoms with Crippen LogP contribution in [0.25, 0.3) is 16.9 Å². The summed E-state index contributed by atoms with van der Waals surface area (Å²) in [7, 11) is -4.43. The van der Waals surface area contributed by atoms with Gasteiger partial charge in [-0.3, -0.25) is 4.72 Å². The monoisotopic (exact) mass is 461 g/mol. The first-order valence-electron chi connectivity index (χ1n) is 9.26. The van der Waals surface area contributed by atoms with Crippen molar-refractivity contribution >= 4 is 26.9 Å². The van der Waals surface area contributed by atoms with Crippen LogP contribution in [-0.4, -0.2) is 23.5 Å². The van der Waals surface area contributed by atoms with Gasteiger partial charge in [0.25, 0.3) is 10.0 Å². The molecule has 0 aliphatic carbocycles. The van der Waals surface area contributed by atoms with Crippen LogP contribution in [0.2, 0.25) is 0 Å². The molecule has 2 aromatic heterocycles. The minimum Gasteiger partial charge on any atom is -0.392 e. The zero-order valence-electron chi connectivity index (χ0n) is 16.3. The number of hydrogen-bond acceptors (Lipinski definition) is 5. The molecule has 2 aromatic carbocycles. The zero-order valence-corrected chi connectivity index (χ0v) is 17.1. The quantitative estimate of drug-likeness (QED) is 0.445. The second-order valence-electron chi connectivity index (χ2n) is 6.79. The summed E-state index contributed by atoms with van der Waals surface area (Å²) in [4.78, 5) is 8.23. The van der Waals surface area contributed by atoms with Gasteiger partial charge in [-0.2, -0.15) is 17.7 Å². The third-order valence-corrected chi connectivity index (χ3v) is 5.88. The Morgan fingerprint density at radius 1 is 0.969 bits per heavy atom. The van der Waals surface area contributed by atoms with Crippen molar-refractivity contribution in [2.45, 2.75) is 17.7 Å². The van der Waals surface area contributed by atoms with Crippen molar-refractivity contribution < 1.29 is 31.3 Å². The third kappa shape index (κ3) is 4.39. The second kappa shape index (κ2) is 8.17. The van der Waals surface area contributed by atoms with Crippen molar-refractivity contribution in [1.82, 2.24) is 9.97 Å². The molecule has 0 saturated heterocycles. The van der Waals surface area contributed by atoms with Crippen LogP contribution in [0.4, 0.5) is 19.0 Å². The fourth-order valence-electron chi connectivity index (χ4n) is 3.01. The molecule has 0 radical (unpaired) electrons. The number of aliphatic hydroxyl groups is 1. The summed E-state index contributed by atoms with van der Waals surface area (Å²) in [6.07, 6.45) is -1.57. The van der Waals surface area contributed by atoms with E-state index in [2.05, 4.69) is 14.7 Å². The predicted molar refractivity (Wildman–Crippen MR) is 109 cm³/mol. The van der Waals surface area contributed by atoms with E-state index in [1.165, 1.54) is 4.57 Å². The first-order valence-corrected chi connectivity index (χ1v) is 10.7. The van der Waals surface area contributed by atoms with Gasteiger partial charge < -0.3 is 5.11 Å². The third-order valence-electron chi connectivity index (χ3n) is 4.54. The molecule has 4 rings (SSSR count). The Hall–Kier alpha value is -3.57. The molecule has 0 spiro atoms. The van der Waals surface area contributed by atoms with Crippen LogP contribution >= 0.6 is 0 Å². The van der Waals surface area contributed by atoms with E-state index in [0.29, 0.717) is 22.7 Å². The summed E-state index contributed by atoms with van der Waals surface area (Å²) < 4.78 is 68.7. The highest BCUT2D eigenvalue weighted by Gasteiger charge is 2.32. The van der Waals surface area contributed by atoms with Crippen molar-refractivity contribution in [3.05, 3.63) is 84.2 Å². The molecule has 32 heavy (non-hydrogen) atoms. The van der Waals surface area contributed by atoms with E-state index in [9.17, 15) is 26.7 Å². The first-order chi connectivity index (χ1) is 15.2. The van der Waals surface area contributed by atoms with Crippen molar-refractivity contribution in [2.75, 3.05) is 4.72 Å². The number of para-hydroxylation sites is 2. The molecule has 0 fully saturated rings. The number of pyridine rings is 1.